The molecule has 0 saturated heterocycles. The van der Waals surface area contributed by atoms with E-state index in [1.54, 1.807) is 11.8 Å². The highest BCUT2D eigenvalue weighted by atomic mass is 16.5. The molecule has 144 valence electrons. The lowest BCUT2D eigenvalue weighted by atomic mass is 9.91. The van der Waals surface area contributed by atoms with Crippen molar-refractivity contribution < 1.29 is 9.53 Å². The highest BCUT2D eigenvalue weighted by Crippen LogP contribution is 2.46. The van der Waals surface area contributed by atoms with E-state index in [0.29, 0.717) is 24.9 Å². The van der Waals surface area contributed by atoms with Crippen molar-refractivity contribution >= 4 is 5.91 Å². The van der Waals surface area contributed by atoms with Gasteiger partial charge in [0.25, 0.3) is 0 Å². The Balaban J connectivity index is 2.44. The molecule has 1 saturated carbocycles. The summed E-state index contributed by atoms with van der Waals surface area (Å²) in [6.07, 6.45) is 6.50. The number of nitriles is 1. The van der Waals surface area contributed by atoms with E-state index in [1.807, 2.05) is 14.0 Å². The zero-order valence-electron chi connectivity index (χ0n) is 16.8. The largest absolute Gasteiger partial charge is 0.378 e. The van der Waals surface area contributed by atoms with E-state index in [2.05, 4.69) is 25.2 Å². The van der Waals surface area contributed by atoms with Crippen LogP contribution in [0.5, 0.6) is 0 Å². The molecule has 5 heteroatoms. The Morgan fingerprint density at radius 3 is 2.56 bits per heavy atom. The summed E-state index contributed by atoms with van der Waals surface area (Å²) in [5.74, 6) is 1.40. The van der Waals surface area contributed by atoms with Gasteiger partial charge in [0.15, 0.2) is 0 Å². The summed E-state index contributed by atoms with van der Waals surface area (Å²) >= 11 is 0. The Morgan fingerprint density at radius 1 is 1.36 bits per heavy atom. The number of nitrogens with one attached hydrogen (secondary N) is 1. The lowest BCUT2D eigenvalue weighted by molar-refractivity contribution is -0.131. The molecule has 1 N–H and O–H groups in total. The molecule has 0 bridgehead atoms. The lowest BCUT2D eigenvalue weighted by Gasteiger charge is -2.26. The molecule has 25 heavy (non-hydrogen) atoms. The molecule has 1 fully saturated rings. The van der Waals surface area contributed by atoms with Crippen LogP contribution in [-0.2, 0) is 9.53 Å². The third kappa shape index (κ3) is 5.97. The summed E-state index contributed by atoms with van der Waals surface area (Å²) in [7, 11) is 1.84. The predicted octanol–water partition coefficient (Wildman–Crippen LogP) is 3.35. The first-order valence-electron chi connectivity index (χ1n) is 9.91. The third-order valence-electron chi connectivity index (χ3n) is 5.94. The van der Waals surface area contributed by atoms with Crippen molar-refractivity contribution in [2.24, 2.45) is 11.8 Å². The zero-order chi connectivity index (χ0) is 18.9. The van der Waals surface area contributed by atoms with Gasteiger partial charge < -0.3 is 15.0 Å². The molecule has 1 aliphatic carbocycles. The minimum atomic E-state index is -0.361. The maximum absolute atomic E-state index is 12.3. The molecular weight excluding hydrogens is 314 g/mol. The molecule has 4 atom stereocenters. The molecule has 0 aliphatic heterocycles. The number of carbonyl (C=O) groups excluding carboxylic acids is 1. The predicted molar refractivity (Wildman–Crippen MR) is 101 cm³/mol. The second-order valence-corrected chi connectivity index (χ2v) is 7.44. The van der Waals surface area contributed by atoms with Crippen LogP contribution >= 0.6 is 0 Å². The molecule has 0 aromatic rings. The smallest absolute Gasteiger partial charge is 0.237 e. The van der Waals surface area contributed by atoms with Crippen molar-refractivity contribution in [1.82, 2.24) is 10.2 Å². The normalized spacial score (nSPS) is 27.0. The van der Waals surface area contributed by atoms with Crippen LogP contribution in [0.25, 0.3) is 0 Å². The molecule has 0 radical (unpaired) electrons. The molecule has 0 aromatic heterocycles. The molecule has 0 spiro atoms. The molecule has 2 unspecified atom stereocenters. The van der Waals surface area contributed by atoms with Gasteiger partial charge in [-0.05, 0) is 57.4 Å². The Labute approximate surface area is 154 Å². The second kappa shape index (κ2) is 10.8. The van der Waals surface area contributed by atoms with Crippen LogP contribution in [0.4, 0.5) is 0 Å². The minimum Gasteiger partial charge on any atom is -0.378 e. The highest BCUT2D eigenvalue weighted by molar-refractivity contribution is 5.78. The number of methoxy groups -OCH3 is 1. The van der Waals surface area contributed by atoms with Crippen LogP contribution in [-0.4, -0.2) is 49.2 Å². The summed E-state index contributed by atoms with van der Waals surface area (Å²) in [5.41, 5.74) is 0.0569. The van der Waals surface area contributed by atoms with Crippen molar-refractivity contribution in [2.75, 3.05) is 26.7 Å². The van der Waals surface area contributed by atoms with Crippen molar-refractivity contribution in [3.05, 3.63) is 0 Å². The van der Waals surface area contributed by atoms with Gasteiger partial charge in [-0.25, -0.2) is 0 Å². The van der Waals surface area contributed by atoms with E-state index in [1.165, 1.54) is 6.42 Å². The average Bonchev–Trinajstić information content (AvgIpc) is 3.01. The van der Waals surface area contributed by atoms with E-state index in [4.69, 9.17) is 10.00 Å². The first-order chi connectivity index (χ1) is 12.0. The zero-order valence-corrected chi connectivity index (χ0v) is 16.8. The summed E-state index contributed by atoms with van der Waals surface area (Å²) in [6.45, 7) is 10.1. The average molecular weight is 352 g/mol. The monoisotopic (exact) mass is 351 g/mol. The summed E-state index contributed by atoms with van der Waals surface area (Å²) in [6, 6.07) is 1.80. The maximum Gasteiger partial charge on any atom is 0.237 e. The van der Waals surface area contributed by atoms with E-state index < -0.39 is 0 Å². The van der Waals surface area contributed by atoms with Gasteiger partial charge in [-0.3, -0.25) is 4.79 Å². The molecule has 1 amide bonds. The van der Waals surface area contributed by atoms with Gasteiger partial charge in [-0.15, -0.1) is 0 Å². The first-order valence-corrected chi connectivity index (χ1v) is 9.91. The topological polar surface area (TPSA) is 65.4 Å². The molecule has 0 heterocycles. The van der Waals surface area contributed by atoms with Crippen molar-refractivity contribution in [3.63, 3.8) is 0 Å². The molecule has 0 aromatic carbocycles. The van der Waals surface area contributed by atoms with Gasteiger partial charge in [0.1, 0.15) is 6.04 Å². The van der Waals surface area contributed by atoms with E-state index in [0.717, 1.165) is 38.6 Å². The number of rotatable bonds is 11. The van der Waals surface area contributed by atoms with Crippen LogP contribution in [0.3, 0.4) is 0 Å². The molecular formula is C20H37N3O2. The SMILES string of the molecule is CCCN(C(=O)CNCC[C@H]1CC(CC)(OC)C[C@H]1CC)C(C)C#N. The van der Waals surface area contributed by atoms with Gasteiger partial charge in [0.05, 0.1) is 18.2 Å². The van der Waals surface area contributed by atoms with Gasteiger partial charge in [0.2, 0.25) is 5.91 Å². The third-order valence-corrected chi connectivity index (χ3v) is 5.94. The number of amides is 1. The Morgan fingerprint density at radius 2 is 2.04 bits per heavy atom. The summed E-state index contributed by atoms with van der Waals surface area (Å²) < 4.78 is 5.84. The Bertz CT molecular complexity index is 443. The van der Waals surface area contributed by atoms with Crippen LogP contribution in [0.2, 0.25) is 0 Å². The van der Waals surface area contributed by atoms with Crippen molar-refractivity contribution in [2.45, 2.75) is 77.9 Å². The maximum atomic E-state index is 12.3. The minimum absolute atomic E-state index is 0.0224. The lowest BCUT2D eigenvalue weighted by Crippen LogP contribution is -2.43. The highest BCUT2D eigenvalue weighted by Gasteiger charge is 2.43. The van der Waals surface area contributed by atoms with Gasteiger partial charge in [0, 0.05) is 13.7 Å². The molecule has 5 nitrogen and oxygen atoms in total. The van der Waals surface area contributed by atoms with Crippen LogP contribution in [0.1, 0.15) is 66.2 Å². The second-order valence-electron chi connectivity index (χ2n) is 7.44. The Hall–Kier alpha value is -1.12. The van der Waals surface area contributed by atoms with Crippen LogP contribution in [0, 0.1) is 23.2 Å². The number of hydrogen-bond acceptors (Lipinski definition) is 4. The van der Waals surface area contributed by atoms with Crippen LogP contribution in [0.15, 0.2) is 0 Å². The standard InChI is InChI=1S/C20H37N3O2/c1-6-11-23(16(4)14-21)19(24)15-22-10-9-18-13-20(8-3,25-5)12-17(18)7-2/h16-18,22H,6-13,15H2,1-5H3/t16?,17-,18+,20?/m1/s1. The van der Waals surface area contributed by atoms with Gasteiger partial charge >= 0.3 is 0 Å². The van der Waals surface area contributed by atoms with Crippen molar-refractivity contribution in [3.8, 4) is 6.07 Å². The van der Waals surface area contributed by atoms with Crippen LogP contribution < -0.4 is 5.32 Å². The molecule has 1 aliphatic rings. The van der Waals surface area contributed by atoms with E-state index in [-0.39, 0.29) is 17.6 Å². The first kappa shape index (κ1) is 21.9. The fraction of sp³-hybridized carbons (Fsp3) is 0.900. The number of ether oxygens (including phenoxy) is 1. The van der Waals surface area contributed by atoms with Gasteiger partial charge in [-0.2, -0.15) is 5.26 Å². The quantitative estimate of drug-likeness (QED) is 0.580. The number of nitrogens with zero attached hydrogens (tertiary/aromatic N) is 2. The number of hydrogen-bond donors (Lipinski definition) is 1. The molecule has 1 rings (SSSR count). The fourth-order valence-electron chi connectivity index (χ4n) is 4.22. The van der Waals surface area contributed by atoms with E-state index in [9.17, 15) is 4.79 Å². The number of carbonyl (C=O) groups is 1. The summed E-state index contributed by atoms with van der Waals surface area (Å²) in [4.78, 5) is 14.0. The Kier molecular flexibility index (Phi) is 9.45. The van der Waals surface area contributed by atoms with Gasteiger partial charge in [-0.1, -0.05) is 27.2 Å². The van der Waals surface area contributed by atoms with E-state index >= 15 is 0 Å². The summed E-state index contributed by atoms with van der Waals surface area (Å²) in [5, 5.41) is 12.4. The van der Waals surface area contributed by atoms with Crippen molar-refractivity contribution in [1.29, 1.82) is 5.26 Å². The fourth-order valence-corrected chi connectivity index (χ4v) is 4.22.